The second kappa shape index (κ2) is 5.04. The third-order valence-electron chi connectivity index (χ3n) is 3.35. The molecule has 0 fully saturated rings. The van der Waals surface area contributed by atoms with Crippen LogP contribution < -0.4 is 10.1 Å². The third kappa shape index (κ3) is 2.27. The largest absolute Gasteiger partial charge is 0.508 e. The van der Waals surface area contributed by atoms with E-state index >= 15 is 0 Å². The van der Waals surface area contributed by atoms with E-state index in [4.69, 9.17) is 0 Å². The Morgan fingerprint density at radius 2 is 2.09 bits per heavy atom. The van der Waals surface area contributed by atoms with Crippen LogP contribution in [0.15, 0.2) is 39.7 Å². The number of aromatic nitrogens is 3. The average molecular weight is 390 g/mol. The lowest BCUT2D eigenvalue weighted by Gasteiger charge is -1.98. The maximum absolute atomic E-state index is 12.6. The van der Waals surface area contributed by atoms with Gasteiger partial charge in [0.15, 0.2) is 10.6 Å². The SMILES string of the molecule is O=c1/c(=C/c2ccc(O)cc2O)sc2nc3cc(Br)cnc3n12. The molecule has 4 rings (SSSR count). The van der Waals surface area contributed by atoms with Crippen molar-refractivity contribution in [2.45, 2.75) is 0 Å². The van der Waals surface area contributed by atoms with E-state index in [9.17, 15) is 15.0 Å². The molecule has 0 saturated heterocycles. The molecular formula is C15H8BrN3O3S. The molecule has 0 aliphatic heterocycles. The molecule has 0 saturated carbocycles. The topological polar surface area (TPSA) is 87.7 Å². The van der Waals surface area contributed by atoms with E-state index in [1.807, 2.05) is 0 Å². The fourth-order valence-electron chi connectivity index (χ4n) is 2.31. The van der Waals surface area contributed by atoms with Crippen LogP contribution in [-0.2, 0) is 0 Å². The van der Waals surface area contributed by atoms with Crippen molar-refractivity contribution >= 4 is 49.5 Å². The van der Waals surface area contributed by atoms with Gasteiger partial charge in [-0.1, -0.05) is 11.3 Å². The van der Waals surface area contributed by atoms with Crippen LogP contribution in [-0.4, -0.2) is 24.6 Å². The highest BCUT2D eigenvalue weighted by molar-refractivity contribution is 9.10. The standard InChI is InChI=1S/C15H8BrN3O3S/c16-8-4-10-13(17-6-8)19-14(22)12(23-15(19)18-10)3-7-1-2-9(20)5-11(7)21/h1-6,20-21H/b12-3-. The van der Waals surface area contributed by atoms with E-state index in [-0.39, 0.29) is 17.1 Å². The lowest BCUT2D eigenvalue weighted by atomic mass is 10.2. The van der Waals surface area contributed by atoms with Crippen LogP contribution in [0.5, 0.6) is 11.5 Å². The van der Waals surface area contributed by atoms with E-state index in [1.165, 1.54) is 27.9 Å². The summed E-state index contributed by atoms with van der Waals surface area (Å²) >= 11 is 4.55. The number of benzene rings is 1. The summed E-state index contributed by atoms with van der Waals surface area (Å²) in [4.78, 5) is 21.8. The molecule has 6 nitrogen and oxygen atoms in total. The van der Waals surface area contributed by atoms with E-state index < -0.39 is 0 Å². The van der Waals surface area contributed by atoms with Gasteiger partial charge in [-0.3, -0.25) is 4.79 Å². The second-order valence-electron chi connectivity index (χ2n) is 4.88. The monoisotopic (exact) mass is 389 g/mol. The molecule has 0 unspecified atom stereocenters. The molecule has 3 heterocycles. The highest BCUT2D eigenvalue weighted by Crippen LogP contribution is 2.23. The smallest absolute Gasteiger partial charge is 0.276 e. The summed E-state index contributed by atoms with van der Waals surface area (Å²) in [6.07, 6.45) is 3.18. The zero-order chi connectivity index (χ0) is 16.1. The minimum atomic E-state index is -0.241. The minimum Gasteiger partial charge on any atom is -0.508 e. The molecule has 0 radical (unpaired) electrons. The van der Waals surface area contributed by atoms with Gasteiger partial charge in [-0.25, -0.2) is 14.4 Å². The van der Waals surface area contributed by atoms with Gasteiger partial charge in [0.2, 0.25) is 0 Å². The molecule has 0 aliphatic carbocycles. The van der Waals surface area contributed by atoms with Gasteiger partial charge in [0.1, 0.15) is 17.0 Å². The summed E-state index contributed by atoms with van der Waals surface area (Å²) in [5.74, 6) is -0.133. The number of hydrogen-bond donors (Lipinski definition) is 2. The molecule has 0 atom stereocenters. The van der Waals surface area contributed by atoms with Gasteiger partial charge in [0, 0.05) is 22.3 Å². The molecule has 0 amide bonds. The molecule has 8 heteroatoms. The number of halogens is 1. The van der Waals surface area contributed by atoms with Crippen molar-refractivity contribution in [1.29, 1.82) is 0 Å². The first-order chi connectivity index (χ1) is 11.0. The normalized spacial score (nSPS) is 12.5. The first kappa shape index (κ1) is 14.2. The Kier molecular flexibility index (Phi) is 3.10. The van der Waals surface area contributed by atoms with Gasteiger partial charge >= 0.3 is 0 Å². The van der Waals surface area contributed by atoms with Crippen LogP contribution in [0, 0.1) is 0 Å². The molecule has 2 N–H and O–H groups in total. The number of thiazole rings is 1. The van der Waals surface area contributed by atoms with Crippen LogP contribution in [0.4, 0.5) is 0 Å². The summed E-state index contributed by atoms with van der Waals surface area (Å²) in [7, 11) is 0. The van der Waals surface area contributed by atoms with Gasteiger partial charge in [0.05, 0.1) is 4.53 Å². The quantitative estimate of drug-likeness (QED) is 0.519. The van der Waals surface area contributed by atoms with Crippen LogP contribution in [0.2, 0.25) is 0 Å². The van der Waals surface area contributed by atoms with Crippen molar-refractivity contribution in [1.82, 2.24) is 14.4 Å². The zero-order valence-electron chi connectivity index (χ0n) is 11.4. The van der Waals surface area contributed by atoms with Crippen LogP contribution in [0.25, 0.3) is 22.2 Å². The average Bonchev–Trinajstić information content (AvgIpc) is 2.98. The Morgan fingerprint density at radius 1 is 1.26 bits per heavy atom. The summed E-state index contributed by atoms with van der Waals surface area (Å²) < 4.78 is 2.68. The Morgan fingerprint density at radius 3 is 2.87 bits per heavy atom. The number of nitrogens with zero attached hydrogens (tertiary/aromatic N) is 3. The molecular weight excluding hydrogens is 382 g/mol. The molecule has 4 aromatic rings. The van der Waals surface area contributed by atoms with Gasteiger partial charge in [-0.2, -0.15) is 0 Å². The van der Waals surface area contributed by atoms with Crippen molar-refractivity contribution < 1.29 is 10.2 Å². The molecule has 3 aromatic heterocycles. The van der Waals surface area contributed by atoms with Gasteiger partial charge in [-0.05, 0) is 40.2 Å². The predicted molar refractivity (Wildman–Crippen MR) is 90.9 cm³/mol. The van der Waals surface area contributed by atoms with Gasteiger partial charge < -0.3 is 10.2 Å². The maximum atomic E-state index is 12.6. The first-order valence-corrected chi connectivity index (χ1v) is 8.14. The van der Waals surface area contributed by atoms with Crippen LogP contribution in [0.3, 0.4) is 0 Å². The zero-order valence-corrected chi connectivity index (χ0v) is 13.8. The van der Waals surface area contributed by atoms with Crippen molar-refractivity contribution in [3.05, 3.63) is 55.4 Å². The second-order valence-corrected chi connectivity index (χ2v) is 6.81. The predicted octanol–water partition coefficient (Wildman–Crippen LogP) is 2.03. The van der Waals surface area contributed by atoms with Crippen molar-refractivity contribution in [2.75, 3.05) is 0 Å². The highest BCUT2D eigenvalue weighted by atomic mass is 79.9. The van der Waals surface area contributed by atoms with Crippen LogP contribution >= 0.6 is 27.3 Å². The van der Waals surface area contributed by atoms with Crippen molar-refractivity contribution in [2.24, 2.45) is 0 Å². The van der Waals surface area contributed by atoms with Crippen LogP contribution in [0.1, 0.15) is 5.56 Å². The van der Waals surface area contributed by atoms with Gasteiger partial charge in [-0.15, -0.1) is 0 Å². The molecule has 0 bridgehead atoms. The fourth-order valence-corrected chi connectivity index (χ4v) is 3.59. The lowest BCUT2D eigenvalue weighted by molar-refractivity contribution is 0.450. The third-order valence-corrected chi connectivity index (χ3v) is 4.75. The number of imidazole rings is 1. The molecule has 114 valence electrons. The van der Waals surface area contributed by atoms with Crippen molar-refractivity contribution in [3.63, 3.8) is 0 Å². The maximum Gasteiger partial charge on any atom is 0.276 e. The number of phenols is 2. The number of rotatable bonds is 1. The van der Waals surface area contributed by atoms with E-state index in [0.717, 1.165) is 4.47 Å². The molecule has 23 heavy (non-hydrogen) atoms. The van der Waals surface area contributed by atoms with Crippen molar-refractivity contribution in [3.8, 4) is 11.5 Å². The summed E-state index contributed by atoms with van der Waals surface area (Å²) in [6, 6.07) is 6.02. The highest BCUT2D eigenvalue weighted by Gasteiger charge is 2.13. The lowest BCUT2D eigenvalue weighted by Crippen LogP contribution is -2.22. The fraction of sp³-hybridized carbons (Fsp3) is 0. The van der Waals surface area contributed by atoms with E-state index in [1.54, 1.807) is 24.4 Å². The summed E-state index contributed by atoms with van der Waals surface area (Å²) in [6.45, 7) is 0. The molecule has 1 aromatic carbocycles. The number of aromatic hydroxyl groups is 2. The number of hydrogen-bond acceptors (Lipinski definition) is 6. The summed E-state index contributed by atoms with van der Waals surface area (Å²) in [5, 5.41) is 19.2. The number of phenolic OH excluding ortho intramolecular Hbond substituents is 2. The Hall–Kier alpha value is -2.45. The Balaban J connectivity index is 2.00. The number of pyridine rings is 1. The summed E-state index contributed by atoms with van der Waals surface area (Å²) in [5.41, 5.74) is 1.35. The Bertz CT molecular complexity index is 1180. The molecule has 0 spiro atoms. The van der Waals surface area contributed by atoms with E-state index in [0.29, 0.717) is 26.2 Å². The minimum absolute atomic E-state index is 0.0382. The number of fused-ring (bicyclic) bond motifs is 3. The van der Waals surface area contributed by atoms with E-state index in [2.05, 4.69) is 25.9 Å². The Labute approximate surface area is 141 Å². The first-order valence-electron chi connectivity index (χ1n) is 6.53. The van der Waals surface area contributed by atoms with Gasteiger partial charge in [0.25, 0.3) is 5.56 Å². The molecule has 0 aliphatic rings.